The predicted octanol–water partition coefficient (Wildman–Crippen LogP) is 3.19. The number of nitrogens with zero attached hydrogens (tertiary/aromatic N) is 1. The number of amides is 1. The number of esters is 1. The Morgan fingerprint density at radius 2 is 1.76 bits per heavy atom. The van der Waals surface area contributed by atoms with Gasteiger partial charge < -0.3 is 14.8 Å². The van der Waals surface area contributed by atoms with Crippen molar-refractivity contribution < 1.29 is 24.0 Å². The number of benzene rings is 1. The van der Waals surface area contributed by atoms with Crippen LogP contribution in [0.3, 0.4) is 0 Å². The predicted molar refractivity (Wildman–Crippen MR) is 90.9 cm³/mol. The normalized spacial score (nSPS) is 12.4. The zero-order valence-electron chi connectivity index (χ0n) is 15.1. The Hall–Kier alpha value is -2.64. The molecule has 0 heterocycles. The number of hydrogen-bond acceptors (Lipinski definition) is 6. The molecule has 0 radical (unpaired) electrons. The molecule has 0 aromatic heterocycles. The van der Waals surface area contributed by atoms with E-state index in [2.05, 4.69) is 5.32 Å². The third-order valence-corrected chi connectivity index (χ3v) is 3.12. The first kappa shape index (κ1) is 20.4. The average Bonchev–Trinajstić information content (AvgIpc) is 2.48. The highest BCUT2D eigenvalue weighted by Gasteiger charge is 2.28. The van der Waals surface area contributed by atoms with Crippen LogP contribution in [0.25, 0.3) is 0 Å². The molecular weight excluding hydrogens is 328 g/mol. The van der Waals surface area contributed by atoms with Crippen LogP contribution in [0.5, 0.6) is 0 Å². The fraction of sp³-hybridized carbons (Fsp3) is 0.529. The quantitative estimate of drug-likeness (QED) is 0.478. The van der Waals surface area contributed by atoms with E-state index in [0.717, 1.165) is 0 Å². The van der Waals surface area contributed by atoms with Crippen molar-refractivity contribution in [3.05, 3.63) is 39.9 Å². The van der Waals surface area contributed by atoms with Crippen molar-refractivity contribution in [1.82, 2.24) is 5.32 Å². The molecule has 138 valence electrons. The Bertz CT molecular complexity index is 619. The van der Waals surface area contributed by atoms with E-state index in [1.165, 1.54) is 24.3 Å². The summed E-state index contributed by atoms with van der Waals surface area (Å²) in [7, 11) is 0. The highest BCUT2D eigenvalue weighted by atomic mass is 16.6. The number of alkyl carbamates (subject to hydrolysis) is 1. The summed E-state index contributed by atoms with van der Waals surface area (Å²) in [5.41, 5.74) is -0.102. The maximum atomic E-state index is 12.2. The van der Waals surface area contributed by atoms with E-state index in [9.17, 15) is 19.7 Å². The van der Waals surface area contributed by atoms with E-state index in [-0.39, 0.29) is 18.2 Å². The first-order valence-corrected chi connectivity index (χ1v) is 7.89. The number of nitrogens with one attached hydrogen (secondary N) is 1. The number of ether oxygens (including phenoxy) is 2. The van der Waals surface area contributed by atoms with Gasteiger partial charge in [-0.2, -0.15) is 0 Å². The highest BCUT2D eigenvalue weighted by molar-refractivity contribution is 5.81. The largest absolute Gasteiger partial charge is 0.459 e. The van der Waals surface area contributed by atoms with Crippen LogP contribution in [0.2, 0.25) is 0 Å². The van der Waals surface area contributed by atoms with Crippen LogP contribution in [-0.2, 0) is 20.9 Å². The third kappa shape index (κ3) is 7.19. The molecule has 0 fully saturated rings. The number of nitro groups is 1. The van der Waals surface area contributed by atoms with E-state index in [0.29, 0.717) is 5.56 Å². The van der Waals surface area contributed by atoms with Gasteiger partial charge in [0.25, 0.3) is 5.69 Å². The minimum atomic E-state index is -0.854. The Morgan fingerprint density at radius 1 is 1.20 bits per heavy atom. The number of carbonyl (C=O) groups excluding carboxylic acids is 2. The fourth-order valence-corrected chi connectivity index (χ4v) is 1.89. The molecule has 0 aliphatic rings. The summed E-state index contributed by atoms with van der Waals surface area (Å²) < 4.78 is 10.3. The molecule has 1 N–H and O–H groups in total. The van der Waals surface area contributed by atoms with Crippen LogP contribution in [0.1, 0.15) is 40.2 Å². The van der Waals surface area contributed by atoms with Gasteiger partial charge in [-0.1, -0.05) is 13.8 Å². The molecule has 0 aliphatic heterocycles. The number of nitro benzene ring substituents is 1. The van der Waals surface area contributed by atoms with Crippen molar-refractivity contribution in [3.63, 3.8) is 0 Å². The summed E-state index contributed by atoms with van der Waals surface area (Å²) in [5.74, 6) is -0.795. The first-order chi connectivity index (χ1) is 11.5. The van der Waals surface area contributed by atoms with Crippen LogP contribution < -0.4 is 5.32 Å². The Labute approximate surface area is 146 Å². The molecule has 1 amide bonds. The molecule has 1 atom stereocenters. The second kappa shape index (κ2) is 8.46. The summed E-state index contributed by atoms with van der Waals surface area (Å²) in [4.78, 5) is 34.2. The van der Waals surface area contributed by atoms with Gasteiger partial charge in [-0.3, -0.25) is 10.1 Å². The van der Waals surface area contributed by atoms with E-state index in [1.807, 2.05) is 0 Å². The lowest BCUT2D eigenvalue weighted by atomic mass is 10.1. The van der Waals surface area contributed by atoms with E-state index < -0.39 is 28.6 Å². The Morgan fingerprint density at radius 3 is 2.20 bits per heavy atom. The summed E-state index contributed by atoms with van der Waals surface area (Å²) in [6.45, 7) is 8.68. The maximum absolute atomic E-state index is 12.2. The van der Waals surface area contributed by atoms with Gasteiger partial charge in [0.2, 0.25) is 0 Å². The molecule has 25 heavy (non-hydrogen) atoms. The molecule has 0 saturated carbocycles. The number of carbonyl (C=O) groups is 2. The van der Waals surface area contributed by atoms with E-state index in [1.54, 1.807) is 34.6 Å². The van der Waals surface area contributed by atoms with Gasteiger partial charge in [-0.05, 0) is 44.4 Å². The Kier molecular flexibility index (Phi) is 6.90. The van der Waals surface area contributed by atoms with Crippen molar-refractivity contribution in [3.8, 4) is 0 Å². The van der Waals surface area contributed by atoms with Gasteiger partial charge in [-0.25, -0.2) is 9.59 Å². The van der Waals surface area contributed by atoms with Gasteiger partial charge in [0.05, 0.1) is 4.92 Å². The van der Waals surface area contributed by atoms with Crippen LogP contribution >= 0.6 is 0 Å². The topological polar surface area (TPSA) is 108 Å². The zero-order chi connectivity index (χ0) is 19.2. The van der Waals surface area contributed by atoms with Gasteiger partial charge in [0.1, 0.15) is 18.2 Å². The van der Waals surface area contributed by atoms with E-state index in [4.69, 9.17) is 9.47 Å². The number of rotatable bonds is 6. The molecule has 1 aromatic carbocycles. The van der Waals surface area contributed by atoms with Gasteiger partial charge in [-0.15, -0.1) is 0 Å². The summed E-state index contributed by atoms with van der Waals surface area (Å²) in [5, 5.41) is 13.1. The standard InChI is InChI=1S/C17H24N2O6/c1-11(2)14(18-16(21)25-17(3,4)5)15(20)24-10-12-6-8-13(9-7-12)19(22)23/h6-9,11,14H,10H2,1-5H3,(H,18,21). The van der Waals surface area contributed by atoms with Gasteiger partial charge >= 0.3 is 12.1 Å². The van der Waals surface area contributed by atoms with Crippen molar-refractivity contribution in [1.29, 1.82) is 0 Å². The molecule has 0 aliphatic carbocycles. The Balaban J connectivity index is 2.64. The lowest BCUT2D eigenvalue weighted by Gasteiger charge is -2.24. The molecule has 0 spiro atoms. The zero-order valence-corrected chi connectivity index (χ0v) is 15.1. The lowest BCUT2D eigenvalue weighted by molar-refractivity contribution is -0.384. The molecule has 0 saturated heterocycles. The van der Waals surface area contributed by atoms with Crippen molar-refractivity contribution in [2.75, 3.05) is 0 Å². The lowest BCUT2D eigenvalue weighted by Crippen LogP contribution is -2.47. The van der Waals surface area contributed by atoms with Crippen LogP contribution in [0.4, 0.5) is 10.5 Å². The highest BCUT2D eigenvalue weighted by Crippen LogP contribution is 2.14. The van der Waals surface area contributed by atoms with Crippen molar-refractivity contribution in [2.24, 2.45) is 5.92 Å². The molecule has 1 unspecified atom stereocenters. The number of hydrogen-bond donors (Lipinski definition) is 1. The van der Waals surface area contributed by atoms with Crippen molar-refractivity contribution >= 4 is 17.7 Å². The van der Waals surface area contributed by atoms with Crippen LogP contribution in [0.15, 0.2) is 24.3 Å². The second-order valence-electron chi connectivity index (χ2n) is 6.90. The molecule has 1 aromatic rings. The minimum absolute atomic E-state index is 0.0401. The molecule has 1 rings (SSSR count). The molecule has 8 nitrogen and oxygen atoms in total. The summed E-state index contributed by atoms with van der Waals surface area (Å²) in [6.07, 6.45) is -0.696. The fourth-order valence-electron chi connectivity index (χ4n) is 1.89. The minimum Gasteiger partial charge on any atom is -0.459 e. The molecular formula is C17H24N2O6. The smallest absolute Gasteiger partial charge is 0.408 e. The van der Waals surface area contributed by atoms with Gasteiger partial charge in [0.15, 0.2) is 0 Å². The summed E-state index contributed by atoms with van der Waals surface area (Å²) >= 11 is 0. The summed E-state index contributed by atoms with van der Waals surface area (Å²) in [6, 6.07) is 4.84. The van der Waals surface area contributed by atoms with E-state index >= 15 is 0 Å². The maximum Gasteiger partial charge on any atom is 0.408 e. The first-order valence-electron chi connectivity index (χ1n) is 7.89. The molecule has 0 bridgehead atoms. The second-order valence-corrected chi connectivity index (χ2v) is 6.90. The molecule has 8 heteroatoms. The van der Waals surface area contributed by atoms with Gasteiger partial charge in [0, 0.05) is 12.1 Å². The van der Waals surface area contributed by atoms with Crippen LogP contribution in [-0.4, -0.2) is 28.6 Å². The monoisotopic (exact) mass is 352 g/mol. The third-order valence-electron chi connectivity index (χ3n) is 3.12. The van der Waals surface area contributed by atoms with Crippen molar-refractivity contribution in [2.45, 2.75) is 52.9 Å². The van der Waals surface area contributed by atoms with Crippen LogP contribution in [0, 0.1) is 16.0 Å². The number of non-ortho nitro benzene ring substituents is 1. The average molecular weight is 352 g/mol. The SMILES string of the molecule is CC(C)C(NC(=O)OC(C)(C)C)C(=O)OCc1ccc([N+](=O)[O-])cc1.